The summed E-state index contributed by atoms with van der Waals surface area (Å²) in [6.07, 6.45) is 1.13. The van der Waals surface area contributed by atoms with Crippen molar-refractivity contribution in [2.75, 3.05) is 26.3 Å². The highest BCUT2D eigenvalue weighted by Crippen LogP contribution is 2.50. The van der Waals surface area contributed by atoms with Crippen LogP contribution in [0.3, 0.4) is 0 Å². The molecule has 3 aromatic heterocycles. The number of fused-ring (bicyclic) bond motifs is 3. The summed E-state index contributed by atoms with van der Waals surface area (Å²) in [6.45, 7) is 3.98. The fourth-order valence-electron chi connectivity index (χ4n) is 7.03. The number of rotatable bonds is 6. The van der Waals surface area contributed by atoms with Crippen LogP contribution >= 0.6 is 0 Å². The van der Waals surface area contributed by atoms with Crippen molar-refractivity contribution in [1.29, 1.82) is 0 Å². The Bertz CT molecular complexity index is 1940. The van der Waals surface area contributed by atoms with Crippen LogP contribution in [0.5, 0.6) is 5.75 Å². The molecule has 254 valence electrons. The highest BCUT2D eigenvalue weighted by atomic mass is 19.4. The Labute approximate surface area is 271 Å². The molecule has 0 aromatic carbocycles. The number of nitrogens with two attached hydrogens (primary N) is 1. The van der Waals surface area contributed by atoms with E-state index in [0.29, 0.717) is 56.0 Å². The molecule has 1 unspecified atom stereocenters. The van der Waals surface area contributed by atoms with Crippen molar-refractivity contribution in [3.05, 3.63) is 69.4 Å². The quantitative estimate of drug-likeness (QED) is 0.262. The number of likely N-dealkylation sites (tertiary alicyclic amines) is 1. The monoisotopic (exact) mass is 669 g/mol. The lowest BCUT2D eigenvalue weighted by Crippen LogP contribution is -2.46. The number of halogens is 3. The van der Waals surface area contributed by atoms with Crippen molar-refractivity contribution < 1.29 is 32.6 Å². The van der Waals surface area contributed by atoms with E-state index in [1.54, 1.807) is 9.47 Å². The maximum absolute atomic E-state index is 14.3. The van der Waals surface area contributed by atoms with Gasteiger partial charge in [0, 0.05) is 42.2 Å². The minimum absolute atomic E-state index is 0.0531. The Morgan fingerprint density at radius 3 is 2.69 bits per heavy atom. The molecule has 1 spiro atoms. The van der Waals surface area contributed by atoms with Gasteiger partial charge in [0.2, 0.25) is 11.7 Å². The van der Waals surface area contributed by atoms with Crippen LogP contribution in [0.1, 0.15) is 73.0 Å². The smallest absolute Gasteiger partial charge is 0.503 e. The van der Waals surface area contributed by atoms with Crippen molar-refractivity contribution >= 4 is 28.9 Å². The van der Waals surface area contributed by atoms with Crippen LogP contribution in [0, 0.1) is 0 Å². The van der Waals surface area contributed by atoms with E-state index in [4.69, 9.17) is 10.5 Å². The molecule has 48 heavy (non-hydrogen) atoms. The van der Waals surface area contributed by atoms with E-state index in [1.807, 2.05) is 13.0 Å². The van der Waals surface area contributed by atoms with Crippen LogP contribution in [-0.2, 0) is 21.5 Å². The third kappa shape index (κ3) is 6.05. The van der Waals surface area contributed by atoms with Gasteiger partial charge in [-0.1, -0.05) is 13.0 Å². The summed E-state index contributed by atoms with van der Waals surface area (Å²) >= 11 is 0. The number of ether oxygens (including phenoxy) is 1. The number of carbonyl (C=O) groups is 2. The number of aromatic hydroxyl groups is 1. The number of hydrogen-bond donors (Lipinski definition) is 3. The summed E-state index contributed by atoms with van der Waals surface area (Å²) in [5.41, 5.74) is 5.42. The van der Waals surface area contributed by atoms with E-state index in [1.165, 1.54) is 22.8 Å². The normalized spacial score (nSPS) is 19.8. The second-order valence-corrected chi connectivity index (χ2v) is 12.2. The van der Waals surface area contributed by atoms with Gasteiger partial charge in [0.15, 0.2) is 11.5 Å². The molecule has 3 aliphatic rings. The Kier molecular flexibility index (Phi) is 8.57. The molecule has 6 rings (SSSR count). The molecule has 2 amide bonds. The number of nitrogens with one attached hydrogen (secondary N) is 1. The number of aromatic nitrogens is 5. The molecular formula is C31H34F3N9O5. The Balaban J connectivity index is 1.39. The van der Waals surface area contributed by atoms with E-state index in [0.717, 1.165) is 18.7 Å². The van der Waals surface area contributed by atoms with E-state index in [-0.39, 0.29) is 47.5 Å². The SMILES string of the molecule is CC(=N\C(F)(F)F)/C(=C\N)NC(=O)Cn1c2c(c(=O)n3nc(C4=CCOCC4)nc13)C1(CCN(C(=O)c3ncccc3O)CC1)CC2C. The molecule has 17 heteroatoms. The number of piperidine rings is 1. The number of allylic oxidation sites excluding steroid dienone is 1. The second-order valence-electron chi connectivity index (χ2n) is 12.2. The molecule has 4 N–H and O–H groups in total. The molecule has 0 bridgehead atoms. The molecule has 1 saturated heterocycles. The third-order valence-electron chi connectivity index (χ3n) is 9.15. The summed E-state index contributed by atoms with van der Waals surface area (Å²) in [7, 11) is 0. The largest absolute Gasteiger partial charge is 0.505 e. The second kappa shape index (κ2) is 12.5. The highest BCUT2D eigenvalue weighted by Gasteiger charge is 2.49. The first kappa shape index (κ1) is 32.9. The van der Waals surface area contributed by atoms with Gasteiger partial charge in [-0.05, 0) is 56.2 Å². The van der Waals surface area contributed by atoms with Gasteiger partial charge in [-0.3, -0.25) is 14.4 Å². The first-order chi connectivity index (χ1) is 22.8. The van der Waals surface area contributed by atoms with Gasteiger partial charge in [0.05, 0.1) is 24.6 Å². The summed E-state index contributed by atoms with van der Waals surface area (Å²) in [5, 5.41) is 17.2. The molecule has 1 fully saturated rings. The lowest BCUT2D eigenvalue weighted by atomic mass is 9.73. The fourth-order valence-corrected chi connectivity index (χ4v) is 7.03. The molecule has 3 aromatic rings. The Morgan fingerprint density at radius 2 is 2.04 bits per heavy atom. The maximum atomic E-state index is 14.3. The third-order valence-corrected chi connectivity index (χ3v) is 9.15. The molecule has 1 atom stereocenters. The lowest BCUT2D eigenvalue weighted by molar-refractivity contribution is -0.122. The number of carbonyl (C=O) groups excluding carboxylic acids is 2. The van der Waals surface area contributed by atoms with Crippen molar-refractivity contribution in [3.63, 3.8) is 0 Å². The molecule has 5 heterocycles. The van der Waals surface area contributed by atoms with Crippen molar-refractivity contribution in [2.45, 2.75) is 63.7 Å². The number of hydrogen-bond acceptors (Lipinski definition) is 10. The van der Waals surface area contributed by atoms with Crippen LogP contribution in [0.4, 0.5) is 13.2 Å². The zero-order chi connectivity index (χ0) is 34.4. The van der Waals surface area contributed by atoms with Crippen LogP contribution in [0.2, 0.25) is 0 Å². The van der Waals surface area contributed by atoms with Gasteiger partial charge in [0.1, 0.15) is 12.3 Å². The standard InChI is InChI=1S/C31H34F3N9O5/c1-17-14-30(7-10-41(11-8-30)28(47)24-21(44)4-3-9-36-24)23-25(17)42(16-22(45)37-20(15-35)18(2)39-31(32,33)34)29-38-26(40-43(29)27(23)46)19-5-12-48-13-6-19/h3-5,9,15,17,44H,6-8,10-14,16,35H2,1-2H3,(H,37,45)/b20-15+,39-18+. The number of nitrogens with zero attached hydrogens (tertiary/aromatic N) is 7. The number of alkyl halides is 3. The van der Waals surface area contributed by atoms with E-state index in [2.05, 4.69) is 25.4 Å². The van der Waals surface area contributed by atoms with Crippen LogP contribution in [0.25, 0.3) is 11.4 Å². The van der Waals surface area contributed by atoms with Crippen LogP contribution < -0.4 is 16.6 Å². The van der Waals surface area contributed by atoms with Crippen molar-refractivity contribution in [3.8, 4) is 5.75 Å². The van der Waals surface area contributed by atoms with E-state index < -0.39 is 35.8 Å². The number of pyridine rings is 1. The zero-order valence-corrected chi connectivity index (χ0v) is 26.3. The van der Waals surface area contributed by atoms with Gasteiger partial charge in [-0.15, -0.1) is 18.3 Å². The van der Waals surface area contributed by atoms with E-state index in [9.17, 15) is 32.7 Å². The average Bonchev–Trinajstić information content (AvgIpc) is 3.62. The predicted molar refractivity (Wildman–Crippen MR) is 166 cm³/mol. The summed E-state index contributed by atoms with van der Waals surface area (Å²) in [6, 6.07) is 2.92. The topological polar surface area (TPSA) is 182 Å². The summed E-state index contributed by atoms with van der Waals surface area (Å²) in [4.78, 5) is 53.9. The van der Waals surface area contributed by atoms with Crippen molar-refractivity contribution in [1.82, 2.24) is 34.4 Å². The van der Waals surface area contributed by atoms with Gasteiger partial charge >= 0.3 is 6.30 Å². The number of aliphatic imine (C=N–C) groups is 1. The minimum atomic E-state index is -4.87. The first-order valence-corrected chi connectivity index (χ1v) is 15.4. The van der Waals surface area contributed by atoms with E-state index >= 15 is 0 Å². The summed E-state index contributed by atoms with van der Waals surface area (Å²) < 4.78 is 47.0. The summed E-state index contributed by atoms with van der Waals surface area (Å²) in [5.74, 6) is -1.17. The van der Waals surface area contributed by atoms with Crippen LogP contribution in [0.15, 0.2) is 46.1 Å². The predicted octanol–water partition coefficient (Wildman–Crippen LogP) is 2.37. The van der Waals surface area contributed by atoms with Crippen molar-refractivity contribution in [2.24, 2.45) is 10.7 Å². The molecule has 14 nitrogen and oxygen atoms in total. The fraction of sp³-hybridized carbons (Fsp3) is 0.452. The molecular weight excluding hydrogens is 635 g/mol. The highest BCUT2D eigenvalue weighted by molar-refractivity contribution is 6.01. The molecule has 0 radical (unpaired) electrons. The van der Waals surface area contributed by atoms with Crippen LogP contribution in [-0.4, -0.2) is 84.3 Å². The Morgan fingerprint density at radius 1 is 1.29 bits per heavy atom. The minimum Gasteiger partial charge on any atom is -0.505 e. The van der Waals surface area contributed by atoms with Gasteiger partial charge in [-0.2, -0.15) is 14.5 Å². The maximum Gasteiger partial charge on any atom is 0.503 e. The molecule has 0 saturated carbocycles. The molecule has 2 aliphatic heterocycles. The lowest BCUT2D eigenvalue weighted by Gasteiger charge is -2.39. The number of amides is 2. The average molecular weight is 670 g/mol. The van der Waals surface area contributed by atoms with Gasteiger partial charge < -0.3 is 30.4 Å². The van der Waals surface area contributed by atoms with Gasteiger partial charge in [-0.25, -0.2) is 4.98 Å². The Hall–Kier alpha value is -5.06. The first-order valence-electron chi connectivity index (χ1n) is 15.4. The molecule has 1 aliphatic carbocycles. The zero-order valence-electron chi connectivity index (χ0n) is 26.3. The van der Waals surface area contributed by atoms with Gasteiger partial charge in [0.25, 0.3) is 11.5 Å².